The Labute approximate surface area is 118 Å². The molecule has 0 aliphatic carbocycles. The summed E-state index contributed by atoms with van der Waals surface area (Å²) in [5.41, 5.74) is 3.95. The number of hydrogen-bond acceptors (Lipinski definition) is 2. The first kappa shape index (κ1) is 13.0. The summed E-state index contributed by atoms with van der Waals surface area (Å²) in [5.74, 6) is 0.812. The molecule has 1 N–H and O–H groups in total. The van der Waals surface area contributed by atoms with Gasteiger partial charge in [-0.25, -0.2) is 4.39 Å². The van der Waals surface area contributed by atoms with Crippen molar-refractivity contribution in [3.05, 3.63) is 58.9 Å². The average Bonchev–Trinajstić information content (AvgIpc) is 2.91. The molecule has 0 spiro atoms. The normalized spacial score (nSPS) is 14.6. The number of halogens is 1. The molecule has 0 fully saturated rings. The average molecular weight is 271 g/mol. The SMILES string of the molecule is Cc1c(F)cccc1NC(C)c1ccc2c(c1)CCO2. The molecular weight excluding hydrogens is 253 g/mol. The molecule has 20 heavy (non-hydrogen) atoms. The summed E-state index contributed by atoms with van der Waals surface area (Å²) in [6.45, 7) is 4.65. The van der Waals surface area contributed by atoms with E-state index in [4.69, 9.17) is 4.74 Å². The van der Waals surface area contributed by atoms with Gasteiger partial charge in [0.15, 0.2) is 0 Å². The number of benzene rings is 2. The minimum absolute atomic E-state index is 0.126. The summed E-state index contributed by atoms with van der Waals surface area (Å²) in [6, 6.07) is 11.5. The lowest BCUT2D eigenvalue weighted by Gasteiger charge is -2.18. The number of fused-ring (bicyclic) bond motifs is 1. The topological polar surface area (TPSA) is 21.3 Å². The van der Waals surface area contributed by atoms with Crippen LogP contribution in [0.4, 0.5) is 10.1 Å². The molecular formula is C17H18FNO. The van der Waals surface area contributed by atoms with Crippen LogP contribution in [0, 0.1) is 12.7 Å². The maximum Gasteiger partial charge on any atom is 0.128 e. The summed E-state index contributed by atoms with van der Waals surface area (Å²) in [5, 5.41) is 3.38. The van der Waals surface area contributed by atoms with Crippen LogP contribution >= 0.6 is 0 Å². The Balaban J connectivity index is 1.82. The molecule has 0 amide bonds. The Hall–Kier alpha value is -2.03. The lowest BCUT2D eigenvalue weighted by atomic mass is 10.0. The maximum absolute atomic E-state index is 13.6. The quantitative estimate of drug-likeness (QED) is 0.901. The summed E-state index contributed by atoms with van der Waals surface area (Å²) in [6.07, 6.45) is 0.967. The van der Waals surface area contributed by atoms with Crippen molar-refractivity contribution in [1.82, 2.24) is 0 Å². The third-order valence-corrected chi connectivity index (χ3v) is 3.85. The zero-order chi connectivity index (χ0) is 14.1. The Bertz CT molecular complexity index is 639. The lowest BCUT2D eigenvalue weighted by Crippen LogP contribution is -2.08. The van der Waals surface area contributed by atoms with Crippen LogP contribution < -0.4 is 10.1 Å². The van der Waals surface area contributed by atoms with Crippen molar-refractivity contribution in [2.45, 2.75) is 26.3 Å². The van der Waals surface area contributed by atoms with E-state index >= 15 is 0 Å². The standard InChI is InChI=1S/C17H18FNO/c1-11-15(18)4-3-5-16(11)19-12(2)13-6-7-17-14(10-13)8-9-20-17/h3-7,10,12,19H,8-9H2,1-2H3. The van der Waals surface area contributed by atoms with Crippen LogP contribution in [0.25, 0.3) is 0 Å². The van der Waals surface area contributed by atoms with Crippen molar-refractivity contribution in [3.63, 3.8) is 0 Å². The van der Waals surface area contributed by atoms with E-state index in [1.165, 1.54) is 17.2 Å². The van der Waals surface area contributed by atoms with Gasteiger partial charge < -0.3 is 10.1 Å². The van der Waals surface area contributed by atoms with E-state index in [-0.39, 0.29) is 11.9 Å². The zero-order valence-corrected chi connectivity index (χ0v) is 11.7. The first-order chi connectivity index (χ1) is 9.65. The zero-order valence-electron chi connectivity index (χ0n) is 11.7. The molecule has 104 valence electrons. The van der Waals surface area contributed by atoms with E-state index < -0.39 is 0 Å². The minimum atomic E-state index is -0.176. The highest BCUT2D eigenvalue weighted by molar-refractivity contribution is 5.53. The highest BCUT2D eigenvalue weighted by atomic mass is 19.1. The van der Waals surface area contributed by atoms with Crippen molar-refractivity contribution in [2.24, 2.45) is 0 Å². The second-order valence-corrected chi connectivity index (χ2v) is 5.24. The molecule has 1 unspecified atom stereocenters. The van der Waals surface area contributed by atoms with Crippen molar-refractivity contribution >= 4 is 5.69 Å². The van der Waals surface area contributed by atoms with Crippen molar-refractivity contribution in [2.75, 3.05) is 11.9 Å². The number of ether oxygens (including phenoxy) is 1. The van der Waals surface area contributed by atoms with Gasteiger partial charge in [0.1, 0.15) is 11.6 Å². The number of anilines is 1. The predicted octanol–water partition coefficient (Wildman–Crippen LogP) is 4.24. The van der Waals surface area contributed by atoms with Gasteiger partial charge in [-0.05, 0) is 49.2 Å². The van der Waals surface area contributed by atoms with Crippen LogP contribution in [0.3, 0.4) is 0 Å². The van der Waals surface area contributed by atoms with E-state index in [0.29, 0.717) is 5.56 Å². The van der Waals surface area contributed by atoms with Crippen molar-refractivity contribution in [1.29, 1.82) is 0 Å². The fourth-order valence-corrected chi connectivity index (χ4v) is 2.56. The van der Waals surface area contributed by atoms with Crippen LogP contribution in [0.15, 0.2) is 36.4 Å². The van der Waals surface area contributed by atoms with Crippen LogP contribution in [0.2, 0.25) is 0 Å². The molecule has 2 aromatic carbocycles. The molecule has 1 aliphatic heterocycles. The highest BCUT2D eigenvalue weighted by Gasteiger charge is 2.15. The number of hydrogen-bond donors (Lipinski definition) is 1. The summed E-state index contributed by atoms with van der Waals surface area (Å²) < 4.78 is 19.1. The van der Waals surface area contributed by atoms with Crippen molar-refractivity contribution in [3.8, 4) is 5.75 Å². The van der Waals surface area contributed by atoms with Gasteiger partial charge in [-0.2, -0.15) is 0 Å². The number of rotatable bonds is 3. The molecule has 0 saturated heterocycles. The van der Waals surface area contributed by atoms with Gasteiger partial charge in [0.05, 0.1) is 6.61 Å². The first-order valence-electron chi connectivity index (χ1n) is 6.92. The highest BCUT2D eigenvalue weighted by Crippen LogP contribution is 2.30. The second-order valence-electron chi connectivity index (χ2n) is 5.24. The lowest BCUT2D eigenvalue weighted by molar-refractivity contribution is 0.357. The summed E-state index contributed by atoms with van der Waals surface area (Å²) >= 11 is 0. The van der Waals surface area contributed by atoms with Gasteiger partial charge >= 0.3 is 0 Å². The smallest absolute Gasteiger partial charge is 0.128 e. The Kier molecular flexibility index (Phi) is 3.35. The Morgan fingerprint density at radius 1 is 1.25 bits per heavy atom. The van der Waals surface area contributed by atoms with Gasteiger partial charge in [-0.15, -0.1) is 0 Å². The molecule has 0 radical (unpaired) electrons. The molecule has 1 heterocycles. The molecule has 1 atom stereocenters. The fraction of sp³-hybridized carbons (Fsp3) is 0.294. The molecule has 2 aromatic rings. The van der Waals surface area contributed by atoms with Crippen molar-refractivity contribution < 1.29 is 9.13 Å². The van der Waals surface area contributed by atoms with Crippen LogP contribution in [-0.4, -0.2) is 6.61 Å². The van der Waals surface area contributed by atoms with Gasteiger partial charge in [0.2, 0.25) is 0 Å². The van der Waals surface area contributed by atoms with E-state index in [0.717, 1.165) is 24.5 Å². The third-order valence-electron chi connectivity index (χ3n) is 3.85. The molecule has 0 aromatic heterocycles. The van der Waals surface area contributed by atoms with Crippen LogP contribution in [0.5, 0.6) is 5.75 Å². The van der Waals surface area contributed by atoms with E-state index in [1.54, 1.807) is 13.0 Å². The first-order valence-corrected chi connectivity index (χ1v) is 6.92. The molecule has 1 aliphatic rings. The van der Waals surface area contributed by atoms with E-state index in [1.807, 2.05) is 12.1 Å². The number of nitrogens with one attached hydrogen (secondary N) is 1. The fourth-order valence-electron chi connectivity index (χ4n) is 2.56. The molecule has 2 nitrogen and oxygen atoms in total. The second kappa shape index (κ2) is 5.16. The summed E-state index contributed by atoms with van der Waals surface area (Å²) in [4.78, 5) is 0. The van der Waals surface area contributed by atoms with E-state index in [2.05, 4.69) is 24.4 Å². The molecule has 3 rings (SSSR count). The predicted molar refractivity (Wildman–Crippen MR) is 78.8 cm³/mol. The van der Waals surface area contributed by atoms with Gasteiger partial charge in [-0.3, -0.25) is 0 Å². The minimum Gasteiger partial charge on any atom is -0.493 e. The molecule has 0 saturated carbocycles. The van der Waals surface area contributed by atoms with Crippen LogP contribution in [0.1, 0.15) is 29.7 Å². The molecule has 3 heteroatoms. The van der Waals surface area contributed by atoms with Gasteiger partial charge in [0, 0.05) is 23.7 Å². The van der Waals surface area contributed by atoms with Gasteiger partial charge in [-0.1, -0.05) is 12.1 Å². The van der Waals surface area contributed by atoms with Crippen LogP contribution in [-0.2, 0) is 6.42 Å². The molecule has 0 bridgehead atoms. The maximum atomic E-state index is 13.6. The summed E-state index contributed by atoms with van der Waals surface area (Å²) in [7, 11) is 0. The Morgan fingerprint density at radius 3 is 2.95 bits per heavy atom. The Morgan fingerprint density at radius 2 is 2.10 bits per heavy atom. The largest absolute Gasteiger partial charge is 0.493 e. The van der Waals surface area contributed by atoms with E-state index in [9.17, 15) is 4.39 Å². The third kappa shape index (κ3) is 2.36. The monoisotopic (exact) mass is 271 g/mol. The van der Waals surface area contributed by atoms with Gasteiger partial charge in [0.25, 0.3) is 0 Å².